The zero-order chi connectivity index (χ0) is 16.3. The lowest BCUT2D eigenvalue weighted by molar-refractivity contribution is -0.136. The van der Waals surface area contributed by atoms with Gasteiger partial charge in [0.05, 0.1) is 17.6 Å². The van der Waals surface area contributed by atoms with Crippen LogP contribution in [0.5, 0.6) is 0 Å². The molecule has 1 saturated carbocycles. The number of aliphatic hydroxyl groups is 1. The number of carbonyl (C=O) groups is 1. The van der Waals surface area contributed by atoms with E-state index in [0.717, 1.165) is 18.4 Å². The molecule has 0 bridgehead atoms. The molecule has 3 aliphatic carbocycles. The molecule has 3 aliphatic rings. The van der Waals surface area contributed by atoms with Crippen molar-refractivity contribution in [3.63, 3.8) is 0 Å². The molecule has 3 rings (SSSR count). The summed E-state index contributed by atoms with van der Waals surface area (Å²) < 4.78 is 11.7. The largest absolute Gasteiger partial charge is 0.488 e. The second-order valence-electron chi connectivity index (χ2n) is 7.39. The first kappa shape index (κ1) is 15.6. The maximum atomic E-state index is 13.2. The van der Waals surface area contributed by atoms with Crippen molar-refractivity contribution >= 4 is 5.78 Å². The number of allylic oxidation sites excluding steroid dienone is 2. The van der Waals surface area contributed by atoms with Gasteiger partial charge in [0.25, 0.3) is 0 Å². The Bertz CT molecular complexity index is 572. The molecule has 4 nitrogen and oxygen atoms in total. The van der Waals surface area contributed by atoms with Crippen LogP contribution in [-0.2, 0) is 14.3 Å². The normalized spacial score (nSPS) is 37.0. The first-order valence-corrected chi connectivity index (χ1v) is 8.28. The molecule has 0 heterocycles. The van der Waals surface area contributed by atoms with Gasteiger partial charge in [-0.3, -0.25) is 4.79 Å². The molecule has 1 N–H and O–H groups in total. The Morgan fingerprint density at radius 2 is 1.86 bits per heavy atom. The molecule has 0 amide bonds. The molecular weight excluding hydrogens is 280 g/mol. The summed E-state index contributed by atoms with van der Waals surface area (Å²) in [5.74, 6) is 0.589. The Morgan fingerprint density at radius 1 is 1.23 bits per heavy atom. The van der Waals surface area contributed by atoms with Crippen molar-refractivity contribution < 1.29 is 19.4 Å². The number of ether oxygens (including phenoxy) is 2. The van der Waals surface area contributed by atoms with Crippen LogP contribution in [0.25, 0.3) is 0 Å². The summed E-state index contributed by atoms with van der Waals surface area (Å²) >= 11 is 0. The van der Waals surface area contributed by atoms with E-state index in [9.17, 15) is 9.90 Å². The monoisotopic (exact) mass is 306 g/mol. The standard InChI is InChI=1S/C18H26O4/c1-10(2)21-14-15(19)17-8-6-7-13(17)12(5)9-18(17,20)16(14)22-11(3)4/h9-11,13,20H,6-8H2,1-5H3/t13-,17+,18-/m1/s1. The highest BCUT2D eigenvalue weighted by Crippen LogP contribution is 2.66. The molecule has 0 saturated heterocycles. The summed E-state index contributed by atoms with van der Waals surface area (Å²) in [4.78, 5) is 13.2. The van der Waals surface area contributed by atoms with Crippen LogP contribution in [0.15, 0.2) is 23.2 Å². The van der Waals surface area contributed by atoms with E-state index in [-0.39, 0.29) is 29.7 Å². The van der Waals surface area contributed by atoms with Crippen LogP contribution in [0.2, 0.25) is 0 Å². The Kier molecular flexibility index (Phi) is 3.44. The van der Waals surface area contributed by atoms with E-state index in [0.29, 0.717) is 12.2 Å². The van der Waals surface area contributed by atoms with Crippen LogP contribution < -0.4 is 0 Å². The predicted octanol–water partition coefficient (Wildman–Crippen LogP) is 3.11. The highest BCUT2D eigenvalue weighted by molar-refractivity contribution is 6.05. The average Bonchev–Trinajstić information content (AvgIpc) is 2.97. The van der Waals surface area contributed by atoms with Crippen molar-refractivity contribution in [3.05, 3.63) is 23.2 Å². The van der Waals surface area contributed by atoms with E-state index in [4.69, 9.17) is 9.47 Å². The number of hydrogen-bond acceptors (Lipinski definition) is 4. The molecule has 0 aliphatic heterocycles. The van der Waals surface area contributed by atoms with Gasteiger partial charge in [0, 0.05) is 0 Å². The quantitative estimate of drug-likeness (QED) is 0.811. The Labute approximate surface area is 132 Å². The number of hydrogen-bond donors (Lipinski definition) is 1. The third kappa shape index (κ3) is 1.76. The van der Waals surface area contributed by atoms with Crippen LogP contribution in [-0.4, -0.2) is 28.7 Å². The van der Waals surface area contributed by atoms with Crippen molar-refractivity contribution in [1.29, 1.82) is 0 Å². The lowest BCUT2D eigenvalue weighted by Crippen LogP contribution is -2.48. The van der Waals surface area contributed by atoms with Gasteiger partial charge in [-0.2, -0.15) is 0 Å². The Balaban J connectivity index is 2.16. The molecule has 1 spiro atoms. The second kappa shape index (κ2) is 4.85. The summed E-state index contributed by atoms with van der Waals surface area (Å²) in [5, 5.41) is 11.5. The molecule has 22 heavy (non-hydrogen) atoms. The zero-order valence-corrected chi connectivity index (χ0v) is 14.1. The minimum absolute atomic E-state index is 0.0741. The van der Waals surface area contributed by atoms with Gasteiger partial charge in [0.2, 0.25) is 11.5 Å². The molecule has 122 valence electrons. The fourth-order valence-corrected chi connectivity index (χ4v) is 4.55. The molecule has 0 radical (unpaired) electrons. The Morgan fingerprint density at radius 3 is 2.45 bits per heavy atom. The zero-order valence-electron chi connectivity index (χ0n) is 14.1. The van der Waals surface area contributed by atoms with Crippen LogP contribution in [0.4, 0.5) is 0 Å². The third-order valence-electron chi connectivity index (χ3n) is 5.20. The maximum absolute atomic E-state index is 13.2. The van der Waals surface area contributed by atoms with Gasteiger partial charge >= 0.3 is 0 Å². The first-order chi connectivity index (χ1) is 10.2. The van der Waals surface area contributed by atoms with Gasteiger partial charge < -0.3 is 14.6 Å². The fraction of sp³-hybridized carbons (Fsp3) is 0.722. The summed E-state index contributed by atoms with van der Waals surface area (Å²) in [7, 11) is 0. The number of Topliss-reactive ketones (excluding diaryl/α,β-unsaturated/α-hetero) is 1. The Hall–Kier alpha value is -1.29. The van der Waals surface area contributed by atoms with E-state index in [1.807, 2.05) is 40.7 Å². The molecular formula is C18H26O4. The van der Waals surface area contributed by atoms with Crippen LogP contribution in [0.3, 0.4) is 0 Å². The topological polar surface area (TPSA) is 55.8 Å². The molecule has 4 heteroatoms. The number of ketones is 1. The molecule has 0 aromatic carbocycles. The third-order valence-corrected chi connectivity index (χ3v) is 5.20. The van der Waals surface area contributed by atoms with Crippen molar-refractivity contribution in [1.82, 2.24) is 0 Å². The summed E-state index contributed by atoms with van der Waals surface area (Å²) in [6.07, 6.45) is 4.17. The number of carbonyl (C=O) groups excluding carboxylic acids is 1. The van der Waals surface area contributed by atoms with Crippen molar-refractivity contribution in [3.8, 4) is 0 Å². The SMILES string of the molecule is CC1=C[C@@]2(O)C(OC(C)C)=C(OC(C)C)C(=O)[C@@]23CCC[C@H]13. The summed E-state index contributed by atoms with van der Waals surface area (Å²) in [6, 6.07) is 0. The minimum atomic E-state index is -1.34. The van der Waals surface area contributed by atoms with E-state index < -0.39 is 11.0 Å². The average molecular weight is 306 g/mol. The highest BCUT2D eigenvalue weighted by atomic mass is 16.5. The van der Waals surface area contributed by atoms with Gasteiger partial charge in [-0.1, -0.05) is 12.0 Å². The first-order valence-electron chi connectivity index (χ1n) is 8.28. The van der Waals surface area contributed by atoms with E-state index >= 15 is 0 Å². The number of rotatable bonds is 4. The van der Waals surface area contributed by atoms with Gasteiger partial charge in [-0.25, -0.2) is 0 Å². The van der Waals surface area contributed by atoms with Crippen molar-refractivity contribution in [2.24, 2.45) is 11.3 Å². The lowest BCUT2D eigenvalue weighted by Gasteiger charge is -2.36. The van der Waals surface area contributed by atoms with Gasteiger partial charge in [-0.15, -0.1) is 0 Å². The van der Waals surface area contributed by atoms with Crippen LogP contribution in [0, 0.1) is 11.3 Å². The van der Waals surface area contributed by atoms with Crippen LogP contribution >= 0.6 is 0 Å². The summed E-state index contributed by atoms with van der Waals surface area (Å²) in [5.41, 5.74) is -1.04. The lowest BCUT2D eigenvalue weighted by atomic mass is 9.69. The van der Waals surface area contributed by atoms with Crippen molar-refractivity contribution in [2.75, 3.05) is 0 Å². The van der Waals surface area contributed by atoms with Crippen LogP contribution in [0.1, 0.15) is 53.9 Å². The molecule has 0 aromatic heterocycles. The minimum Gasteiger partial charge on any atom is -0.488 e. The highest BCUT2D eigenvalue weighted by Gasteiger charge is 2.72. The van der Waals surface area contributed by atoms with E-state index in [1.54, 1.807) is 0 Å². The molecule has 3 atom stereocenters. The molecule has 1 fully saturated rings. The molecule has 0 unspecified atom stereocenters. The maximum Gasteiger partial charge on any atom is 0.211 e. The van der Waals surface area contributed by atoms with Gasteiger partial charge in [0.1, 0.15) is 0 Å². The van der Waals surface area contributed by atoms with E-state index in [2.05, 4.69) is 0 Å². The van der Waals surface area contributed by atoms with Gasteiger partial charge in [-0.05, 0) is 59.5 Å². The van der Waals surface area contributed by atoms with Gasteiger partial charge in [0.15, 0.2) is 11.4 Å². The summed E-state index contributed by atoms with van der Waals surface area (Å²) in [6.45, 7) is 9.58. The predicted molar refractivity (Wildman–Crippen MR) is 83.0 cm³/mol. The molecule has 0 aromatic rings. The smallest absolute Gasteiger partial charge is 0.211 e. The second-order valence-corrected chi connectivity index (χ2v) is 7.39. The van der Waals surface area contributed by atoms with E-state index in [1.165, 1.54) is 0 Å². The fourth-order valence-electron chi connectivity index (χ4n) is 4.55. The van der Waals surface area contributed by atoms with Crippen molar-refractivity contribution in [2.45, 2.75) is 71.7 Å².